The van der Waals surface area contributed by atoms with Crippen molar-refractivity contribution in [2.75, 3.05) is 44.4 Å². The van der Waals surface area contributed by atoms with E-state index in [0.29, 0.717) is 15.8 Å². The van der Waals surface area contributed by atoms with Crippen LogP contribution in [0.4, 0.5) is 5.69 Å². The molecule has 1 atom stereocenters. The minimum atomic E-state index is -0.0137. The molecular formula is C25H29N3O3S2. The molecule has 1 amide bonds. The summed E-state index contributed by atoms with van der Waals surface area (Å²) in [6.45, 7) is 8.93. The van der Waals surface area contributed by atoms with Crippen molar-refractivity contribution in [3.63, 3.8) is 0 Å². The fourth-order valence-corrected chi connectivity index (χ4v) is 6.02. The number of rotatable bonds is 5. The van der Waals surface area contributed by atoms with Crippen LogP contribution in [0, 0.1) is 13.8 Å². The first-order valence-electron chi connectivity index (χ1n) is 11.5. The van der Waals surface area contributed by atoms with Crippen LogP contribution in [0.3, 0.4) is 0 Å². The Balaban J connectivity index is 1.36. The average molecular weight is 484 g/mol. The number of hydrogen-bond acceptors (Lipinski definition) is 6. The van der Waals surface area contributed by atoms with Gasteiger partial charge in [-0.05, 0) is 68.7 Å². The van der Waals surface area contributed by atoms with Crippen LogP contribution in [-0.2, 0) is 14.3 Å². The van der Waals surface area contributed by atoms with Gasteiger partial charge in [-0.2, -0.15) is 0 Å². The minimum absolute atomic E-state index is 0.0137. The summed E-state index contributed by atoms with van der Waals surface area (Å²) >= 11 is 6.89. The highest BCUT2D eigenvalue weighted by molar-refractivity contribution is 8.26. The number of thiocarbonyl (C=S) groups is 1. The maximum absolute atomic E-state index is 13.0. The predicted octanol–water partition coefficient (Wildman–Crippen LogP) is 4.31. The van der Waals surface area contributed by atoms with E-state index in [1.807, 2.05) is 6.08 Å². The number of morpholine rings is 1. The number of benzene rings is 1. The zero-order valence-electron chi connectivity index (χ0n) is 19.1. The number of nitrogens with zero attached hydrogens (tertiary/aromatic N) is 3. The summed E-state index contributed by atoms with van der Waals surface area (Å²) in [6, 6.07) is 10.8. The molecule has 3 fully saturated rings. The molecule has 3 aliphatic rings. The molecule has 0 saturated carbocycles. The third kappa shape index (κ3) is 4.62. The first-order valence-corrected chi connectivity index (χ1v) is 12.7. The van der Waals surface area contributed by atoms with E-state index in [9.17, 15) is 4.79 Å². The third-order valence-electron chi connectivity index (χ3n) is 6.52. The van der Waals surface area contributed by atoms with E-state index in [-0.39, 0.29) is 12.0 Å². The summed E-state index contributed by atoms with van der Waals surface area (Å²) in [7, 11) is 0. The Hall–Kier alpha value is -2.13. The molecule has 33 heavy (non-hydrogen) atoms. The van der Waals surface area contributed by atoms with Crippen LogP contribution in [0.15, 0.2) is 35.2 Å². The SMILES string of the molecule is Cc1cc(/C=C2\SC(=S)N(C[C@@H]3CCCO3)C2=O)c(C)n1-c1ccc(N2CCOCC2)cc1. The van der Waals surface area contributed by atoms with Crippen LogP contribution in [0.5, 0.6) is 0 Å². The van der Waals surface area contributed by atoms with Crippen LogP contribution in [-0.4, -0.2) is 65.3 Å². The Bertz CT molecular complexity index is 1080. The van der Waals surface area contributed by atoms with E-state index in [1.165, 1.54) is 17.4 Å². The van der Waals surface area contributed by atoms with Gasteiger partial charge in [0.1, 0.15) is 4.32 Å². The van der Waals surface area contributed by atoms with Gasteiger partial charge in [0.25, 0.3) is 5.91 Å². The number of ether oxygens (including phenoxy) is 2. The van der Waals surface area contributed by atoms with Gasteiger partial charge < -0.3 is 18.9 Å². The van der Waals surface area contributed by atoms with Gasteiger partial charge in [0.15, 0.2) is 0 Å². The Morgan fingerprint density at radius 1 is 1.12 bits per heavy atom. The molecule has 8 heteroatoms. The number of hydrogen-bond donors (Lipinski definition) is 0. The normalized spacial score (nSPS) is 22.7. The fourth-order valence-electron chi connectivity index (χ4n) is 4.76. The number of anilines is 1. The Kier molecular flexibility index (Phi) is 6.60. The first-order chi connectivity index (χ1) is 16.0. The van der Waals surface area contributed by atoms with Crippen molar-refractivity contribution >= 4 is 46.0 Å². The number of thioether (sulfide) groups is 1. The predicted molar refractivity (Wildman–Crippen MR) is 137 cm³/mol. The third-order valence-corrected chi connectivity index (χ3v) is 7.90. The summed E-state index contributed by atoms with van der Waals surface area (Å²) in [5.41, 5.74) is 5.62. The average Bonchev–Trinajstić information content (AvgIpc) is 3.51. The number of aryl methyl sites for hydroxylation is 1. The van der Waals surface area contributed by atoms with E-state index in [0.717, 1.165) is 68.4 Å². The van der Waals surface area contributed by atoms with Crippen molar-refractivity contribution in [1.82, 2.24) is 9.47 Å². The highest BCUT2D eigenvalue weighted by Gasteiger charge is 2.34. The van der Waals surface area contributed by atoms with Crippen molar-refractivity contribution in [1.29, 1.82) is 0 Å². The standard InChI is InChI=1S/C25H29N3O3S2/c1-17-14-19(15-23-24(29)27(25(32)33-23)16-22-4-3-11-31-22)18(2)28(17)21-7-5-20(6-8-21)26-9-12-30-13-10-26/h5-8,14-15,22H,3-4,9-13,16H2,1-2H3/b23-15-/t22-/m0/s1. The summed E-state index contributed by atoms with van der Waals surface area (Å²) in [5.74, 6) is -0.0137. The Morgan fingerprint density at radius 3 is 2.55 bits per heavy atom. The van der Waals surface area contributed by atoms with Gasteiger partial charge in [-0.3, -0.25) is 9.69 Å². The van der Waals surface area contributed by atoms with Crippen molar-refractivity contribution in [2.24, 2.45) is 0 Å². The van der Waals surface area contributed by atoms with Crippen LogP contribution in [0.25, 0.3) is 11.8 Å². The lowest BCUT2D eigenvalue weighted by Gasteiger charge is -2.29. The molecule has 0 spiro atoms. The molecule has 0 radical (unpaired) electrons. The molecule has 1 aromatic carbocycles. The lowest BCUT2D eigenvalue weighted by Crippen LogP contribution is -2.36. The maximum atomic E-state index is 13.0. The van der Waals surface area contributed by atoms with Gasteiger partial charge in [-0.1, -0.05) is 24.0 Å². The van der Waals surface area contributed by atoms with E-state index < -0.39 is 0 Å². The van der Waals surface area contributed by atoms with E-state index in [2.05, 4.69) is 53.6 Å². The van der Waals surface area contributed by atoms with E-state index in [1.54, 1.807) is 4.90 Å². The van der Waals surface area contributed by atoms with Crippen LogP contribution >= 0.6 is 24.0 Å². The summed E-state index contributed by atoms with van der Waals surface area (Å²) in [4.78, 5) is 17.8. The highest BCUT2D eigenvalue weighted by atomic mass is 32.2. The molecule has 3 aliphatic heterocycles. The zero-order chi connectivity index (χ0) is 22.9. The lowest BCUT2D eigenvalue weighted by molar-refractivity contribution is -0.123. The molecular weight excluding hydrogens is 454 g/mol. The van der Waals surface area contributed by atoms with Gasteiger partial charge in [-0.25, -0.2) is 0 Å². The number of carbonyl (C=O) groups is 1. The first kappa shape index (κ1) is 22.7. The van der Waals surface area contributed by atoms with Gasteiger partial charge in [-0.15, -0.1) is 0 Å². The van der Waals surface area contributed by atoms with E-state index >= 15 is 0 Å². The van der Waals surface area contributed by atoms with Crippen molar-refractivity contribution in [3.05, 3.63) is 52.2 Å². The zero-order valence-corrected chi connectivity index (χ0v) is 20.7. The molecule has 1 aromatic heterocycles. The number of amides is 1. The molecule has 0 unspecified atom stereocenters. The largest absolute Gasteiger partial charge is 0.378 e. The summed E-state index contributed by atoms with van der Waals surface area (Å²) in [5, 5.41) is 0. The number of carbonyl (C=O) groups excluding carboxylic acids is 1. The van der Waals surface area contributed by atoms with Crippen molar-refractivity contribution < 1.29 is 14.3 Å². The van der Waals surface area contributed by atoms with Gasteiger partial charge >= 0.3 is 0 Å². The molecule has 6 nitrogen and oxygen atoms in total. The second kappa shape index (κ2) is 9.62. The smallest absolute Gasteiger partial charge is 0.266 e. The Morgan fingerprint density at radius 2 is 1.85 bits per heavy atom. The second-order valence-corrected chi connectivity index (χ2v) is 10.4. The molecule has 5 rings (SSSR count). The van der Waals surface area contributed by atoms with Crippen molar-refractivity contribution in [3.8, 4) is 5.69 Å². The highest BCUT2D eigenvalue weighted by Crippen LogP contribution is 2.35. The van der Waals surface area contributed by atoms with Gasteiger partial charge in [0.2, 0.25) is 0 Å². The summed E-state index contributed by atoms with van der Waals surface area (Å²) < 4.78 is 14.0. The quantitative estimate of drug-likeness (QED) is 0.467. The second-order valence-electron chi connectivity index (χ2n) is 8.71. The van der Waals surface area contributed by atoms with Crippen LogP contribution in [0.1, 0.15) is 29.8 Å². The molecule has 0 bridgehead atoms. The Labute approximate surface area is 204 Å². The summed E-state index contributed by atoms with van der Waals surface area (Å²) in [6.07, 6.45) is 4.11. The minimum Gasteiger partial charge on any atom is -0.378 e. The topological polar surface area (TPSA) is 46.9 Å². The monoisotopic (exact) mass is 483 g/mol. The molecule has 0 aliphatic carbocycles. The molecule has 4 heterocycles. The van der Waals surface area contributed by atoms with Gasteiger partial charge in [0.05, 0.1) is 30.8 Å². The molecule has 174 valence electrons. The van der Waals surface area contributed by atoms with E-state index in [4.69, 9.17) is 21.7 Å². The van der Waals surface area contributed by atoms with Gasteiger partial charge in [0, 0.05) is 42.5 Å². The maximum Gasteiger partial charge on any atom is 0.266 e. The van der Waals surface area contributed by atoms with Crippen LogP contribution in [0.2, 0.25) is 0 Å². The van der Waals surface area contributed by atoms with Crippen molar-refractivity contribution in [2.45, 2.75) is 32.8 Å². The number of aromatic nitrogens is 1. The van der Waals surface area contributed by atoms with Crippen LogP contribution < -0.4 is 4.90 Å². The molecule has 3 saturated heterocycles. The molecule has 0 N–H and O–H groups in total. The molecule has 2 aromatic rings. The lowest BCUT2D eigenvalue weighted by atomic mass is 10.2. The fraction of sp³-hybridized carbons (Fsp3) is 0.440.